The molecule has 15 heavy (non-hydrogen) atoms. The Morgan fingerprint density at radius 1 is 1.20 bits per heavy atom. The van der Waals surface area contributed by atoms with Crippen molar-refractivity contribution in [2.75, 3.05) is 0 Å². The van der Waals surface area contributed by atoms with E-state index < -0.39 is 0 Å². The number of allylic oxidation sites excluding steroid dienone is 11. The van der Waals surface area contributed by atoms with Gasteiger partial charge in [-0.05, 0) is 18.4 Å². The molecule has 2 aliphatic carbocycles. The first-order valence-electron chi connectivity index (χ1n) is 4.79. The van der Waals surface area contributed by atoms with Gasteiger partial charge in [0.1, 0.15) is 0 Å². The molecule has 2 aliphatic rings. The second-order valence-corrected chi connectivity index (χ2v) is 3.39. The Bertz CT molecular complexity index is 390. The van der Waals surface area contributed by atoms with Crippen molar-refractivity contribution >= 4 is 0 Å². The van der Waals surface area contributed by atoms with E-state index in [1.807, 2.05) is 0 Å². The van der Waals surface area contributed by atoms with Crippen LogP contribution in [0, 0.1) is 12.7 Å². The summed E-state index contributed by atoms with van der Waals surface area (Å²) in [6, 6.07) is 0. The van der Waals surface area contributed by atoms with Crippen LogP contribution in [0.15, 0.2) is 59.3 Å². The van der Waals surface area contributed by atoms with Gasteiger partial charge in [-0.2, -0.15) is 11.6 Å². The molecule has 0 bridgehead atoms. The average Bonchev–Trinajstić information content (AvgIpc) is 2.85. The maximum absolute atomic E-state index is 5.25. The van der Waals surface area contributed by atoms with Crippen molar-refractivity contribution in [3.05, 3.63) is 71.9 Å². The summed E-state index contributed by atoms with van der Waals surface area (Å²) in [5, 5.41) is 0. The van der Waals surface area contributed by atoms with E-state index in [0.29, 0.717) is 0 Å². The largest absolute Gasteiger partial charge is 0.361 e. The van der Waals surface area contributed by atoms with Gasteiger partial charge >= 0.3 is 0 Å². The third kappa shape index (κ3) is 3.26. The first-order chi connectivity index (χ1) is 6.90. The van der Waals surface area contributed by atoms with E-state index in [2.05, 4.69) is 36.5 Å². The minimum atomic E-state index is 0. The third-order valence-corrected chi connectivity index (χ3v) is 2.42. The Kier molecular flexibility index (Phi) is 5.21. The minimum absolute atomic E-state index is 0. The fraction of sp³-hybridized carbons (Fsp3) is 0.143. The van der Waals surface area contributed by atoms with Crippen LogP contribution in [0.2, 0.25) is 0 Å². The summed E-state index contributed by atoms with van der Waals surface area (Å²) in [6.07, 6.45) is 19.2. The molecule has 0 atom stereocenters. The molecule has 2 rings (SSSR count). The molecule has 0 saturated heterocycles. The molecule has 0 saturated carbocycles. The molecule has 1 radical (unpaired) electrons. The zero-order valence-electron chi connectivity index (χ0n) is 8.61. The Balaban J connectivity index is 0.00000112. The molecule has 0 aromatic rings. The molecule has 0 N–H and O–H groups in total. The smallest absolute Gasteiger partial charge is 0 e. The van der Waals surface area contributed by atoms with Crippen molar-refractivity contribution in [3.8, 4) is 0 Å². The molecule has 0 aliphatic heterocycles. The van der Waals surface area contributed by atoms with Crippen LogP contribution in [0.25, 0.3) is 0 Å². The minimum Gasteiger partial charge on any atom is -0.361 e. The SMILES string of the molecule is [CH-]=CC=[C-]C1=CC=C(C2=CC=CC2)C1.[Y]. The van der Waals surface area contributed by atoms with Gasteiger partial charge in [0.25, 0.3) is 0 Å². The summed E-state index contributed by atoms with van der Waals surface area (Å²) in [4.78, 5) is 0. The number of hydrogen-bond acceptors (Lipinski definition) is 0. The van der Waals surface area contributed by atoms with Crippen molar-refractivity contribution in [3.63, 3.8) is 0 Å². The summed E-state index contributed by atoms with van der Waals surface area (Å²) in [6.45, 7) is 5.25. The molecule has 0 aromatic heterocycles. The van der Waals surface area contributed by atoms with Crippen LogP contribution in [-0.2, 0) is 32.7 Å². The Morgan fingerprint density at radius 2 is 2.07 bits per heavy atom. The van der Waals surface area contributed by atoms with Gasteiger partial charge in [0.2, 0.25) is 0 Å². The van der Waals surface area contributed by atoms with Crippen molar-refractivity contribution in [2.24, 2.45) is 0 Å². The molecule has 1 heteroatoms. The van der Waals surface area contributed by atoms with Gasteiger partial charge in [-0.15, -0.1) is 6.08 Å². The Morgan fingerprint density at radius 3 is 2.73 bits per heavy atom. The zero-order valence-corrected chi connectivity index (χ0v) is 11.4. The normalized spacial score (nSPS) is 18.5. The number of hydrogen-bond donors (Lipinski definition) is 0. The van der Waals surface area contributed by atoms with Crippen LogP contribution in [0.5, 0.6) is 0 Å². The van der Waals surface area contributed by atoms with Crippen molar-refractivity contribution in [2.45, 2.75) is 12.8 Å². The quantitative estimate of drug-likeness (QED) is 0.543. The van der Waals surface area contributed by atoms with E-state index in [1.54, 1.807) is 6.08 Å². The summed E-state index contributed by atoms with van der Waals surface area (Å²) in [7, 11) is 0. The van der Waals surface area contributed by atoms with Gasteiger partial charge in [-0.3, -0.25) is 6.08 Å². The molecular formula is C14H12Y-2. The van der Waals surface area contributed by atoms with Crippen molar-refractivity contribution in [1.82, 2.24) is 0 Å². The topological polar surface area (TPSA) is 0 Å². The van der Waals surface area contributed by atoms with Crippen LogP contribution in [0.3, 0.4) is 0 Å². The Labute approximate surface area is 117 Å². The molecule has 0 unspecified atom stereocenters. The predicted molar refractivity (Wildman–Crippen MR) is 59.3 cm³/mol. The van der Waals surface area contributed by atoms with E-state index in [9.17, 15) is 0 Å². The van der Waals surface area contributed by atoms with Crippen LogP contribution >= 0.6 is 0 Å². The molecule has 0 aromatic carbocycles. The molecule has 0 nitrogen and oxygen atoms in total. The second kappa shape index (κ2) is 6.20. The van der Waals surface area contributed by atoms with E-state index >= 15 is 0 Å². The molecule has 0 fully saturated rings. The maximum atomic E-state index is 5.25. The van der Waals surface area contributed by atoms with Gasteiger partial charge in [-0.1, -0.05) is 23.8 Å². The monoisotopic (exact) mass is 269 g/mol. The molecule has 0 amide bonds. The summed E-state index contributed by atoms with van der Waals surface area (Å²) in [5.74, 6) is 0. The van der Waals surface area contributed by atoms with Crippen LogP contribution in [-0.4, -0.2) is 0 Å². The Hall–Kier alpha value is -0.456. The molecule has 0 spiro atoms. The summed E-state index contributed by atoms with van der Waals surface area (Å²) < 4.78 is 0. The van der Waals surface area contributed by atoms with Crippen LogP contribution in [0.1, 0.15) is 12.8 Å². The van der Waals surface area contributed by atoms with Crippen LogP contribution in [0.4, 0.5) is 0 Å². The number of rotatable bonds is 3. The van der Waals surface area contributed by atoms with Crippen molar-refractivity contribution in [1.29, 1.82) is 0 Å². The fourth-order valence-corrected chi connectivity index (χ4v) is 1.68. The van der Waals surface area contributed by atoms with Gasteiger partial charge in [0.15, 0.2) is 0 Å². The molecule has 0 heterocycles. The van der Waals surface area contributed by atoms with Crippen molar-refractivity contribution < 1.29 is 32.7 Å². The van der Waals surface area contributed by atoms with E-state index in [0.717, 1.165) is 12.8 Å². The van der Waals surface area contributed by atoms with Gasteiger partial charge in [0.05, 0.1) is 0 Å². The first kappa shape index (κ1) is 12.6. The van der Waals surface area contributed by atoms with Gasteiger partial charge in [-0.25, -0.2) is 0 Å². The van der Waals surface area contributed by atoms with Gasteiger partial charge < -0.3 is 18.7 Å². The predicted octanol–water partition coefficient (Wildman–Crippen LogP) is 3.48. The second-order valence-electron chi connectivity index (χ2n) is 3.39. The standard InChI is InChI=1S/C14H12.Y/c1-2-3-6-12-9-10-14(11-12)13-7-4-5-8-13;/h1-5,7,9-10H,8,11H2;/q-2;. The molecular weight excluding hydrogens is 257 g/mol. The van der Waals surface area contributed by atoms with E-state index in [-0.39, 0.29) is 32.7 Å². The van der Waals surface area contributed by atoms with Crippen LogP contribution < -0.4 is 0 Å². The third-order valence-electron chi connectivity index (χ3n) is 2.42. The van der Waals surface area contributed by atoms with Gasteiger partial charge in [0, 0.05) is 32.7 Å². The summed E-state index contributed by atoms with van der Waals surface area (Å²) >= 11 is 0. The van der Waals surface area contributed by atoms with E-state index in [4.69, 9.17) is 6.58 Å². The zero-order chi connectivity index (χ0) is 9.80. The van der Waals surface area contributed by atoms with E-state index in [1.165, 1.54) is 22.8 Å². The first-order valence-corrected chi connectivity index (χ1v) is 4.79. The molecule has 73 valence electrons. The summed E-state index contributed by atoms with van der Waals surface area (Å²) in [5.41, 5.74) is 4.03. The maximum Gasteiger partial charge on any atom is 0 e. The average molecular weight is 269 g/mol. The fourth-order valence-electron chi connectivity index (χ4n) is 1.68.